The lowest BCUT2D eigenvalue weighted by Gasteiger charge is -2.19. The molecular formula is C23H19N5O5S. The van der Waals surface area contributed by atoms with Crippen LogP contribution in [0.5, 0.6) is 0 Å². The summed E-state index contributed by atoms with van der Waals surface area (Å²) >= 11 is 1.12. The predicted octanol–water partition coefficient (Wildman–Crippen LogP) is 3.28. The highest BCUT2D eigenvalue weighted by molar-refractivity contribution is 8.27. The number of furan rings is 1. The number of rotatable bonds is 5. The van der Waals surface area contributed by atoms with Gasteiger partial charge < -0.3 is 14.4 Å². The molecular weight excluding hydrogens is 458 g/mol. The number of amidine groups is 2. The van der Waals surface area contributed by atoms with E-state index in [4.69, 9.17) is 9.83 Å². The van der Waals surface area contributed by atoms with E-state index in [1.165, 1.54) is 23.2 Å². The third-order valence-electron chi connectivity index (χ3n) is 5.56. The summed E-state index contributed by atoms with van der Waals surface area (Å²) in [5, 5.41) is 24.0. The van der Waals surface area contributed by atoms with E-state index in [0.717, 1.165) is 37.7 Å². The maximum absolute atomic E-state index is 12.6. The van der Waals surface area contributed by atoms with Gasteiger partial charge in [-0.05, 0) is 54.9 Å². The number of hydrogen-bond acceptors (Lipinski definition) is 7. The number of carboxylic acids is 1. The number of aliphatic imine (C=N–C) groups is 1. The Kier molecular flexibility index (Phi) is 5.62. The molecule has 1 fully saturated rings. The highest BCUT2D eigenvalue weighted by Gasteiger charge is 2.36. The smallest absolute Gasteiger partial charge is 0.335 e. The van der Waals surface area contributed by atoms with Crippen LogP contribution in [0, 0.1) is 5.41 Å². The summed E-state index contributed by atoms with van der Waals surface area (Å²) in [6.45, 7) is 1.49. The van der Waals surface area contributed by atoms with Crippen LogP contribution in [0.4, 0.5) is 0 Å². The third-order valence-corrected chi connectivity index (χ3v) is 6.47. The zero-order chi connectivity index (χ0) is 23.8. The molecule has 2 amide bonds. The Balaban J connectivity index is 1.35. The Bertz CT molecular complexity index is 1320. The van der Waals surface area contributed by atoms with Gasteiger partial charge in [-0.1, -0.05) is 12.1 Å². The summed E-state index contributed by atoms with van der Waals surface area (Å²) in [5.74, 6) is -1.09. The van der Waals surface area contributed by atoms with Crippen LogP contribution < -0.4 is 0 Å². The second-order valence-corrected chi connectivity index (χ2v) is 8.91. The zero-order valence-electron chi connectivity index (χ0n) is 17.9. The molecule has 0 atom stereocenters. The number of likely N-dealkylation sites (tertiary alicyclic amines) is 1. The Hall–Kier alpha value is -3.99. The maximum Gasteiger partial charge on any atom is 0.335 e. The lowest BCUT2D eigenvalue weighted by atomic mass is 10.1. The van der Waals surface area contributed by atoms with Gasteiger partial charge in [0.25, 0.3) is 5.91 Å². The van der Waals surface area contributed by atoms with Gasteiger partial charge in [0.2, 0.25) is 11.1 Å². The van der Waals surface area contributed by atoms with Crippen molar-refractivity contribution in [3.05, 3.63) is 53.3 Å². The van der Waals surface area contributed by atoms with Crippen molar-refractivity contribution in [3.63, 3.8) is 0 Å². The molecule has 34 heavy (non-hydrogen) atoms. The molecule has 0 bridgehead atoms. The topological polar surface area (TPSA) is 140 Å². The van der Waals surface area contributed by atoms with Crippen molar-refractivity contribution in [3.8, 4) is 11.3 Å². The summed E-state index contributed by atoms with van der Waals surface area (Å²) < 4.78 is 5.77. The molecule has 3 aliphatic heterocycles. The first kappa shape index (κ1) is 21.8. The summed E-state index contributed by atoms with van der Waals surface area (Å²) in [6.07, 6.45) is 3.51. The molecule has 2 aromatic rings. The van der Waals surface area contributed by atoms with Crippen LogP contribution in [0.2, 0.25) is 0 Å². The highest BCUT2D eigenvalue weighted by Crippen LogP contribution is 2.31. The molecule has 0 aliphatic carbocycles. The number of nitrogens with zero attached hydrogens (tertiary/aromatic N) is 4. The number of carbonyl (C=O) groups is 3. The summed E-state index contributed by atoms with van der Waals surface area (Å²) in [7, 11) is 0. The van der Waals surface area contributed by atoms with Crippen LogP contribution in [-0.2, 0) is 9.59 Å². The largest absolute Gasteiger partial charge is 0.478 e. The van der Waals surface area contributed by atoms with Gasteiger partial charge in [-0.15, -0.1) is 0 Å². The van der Waals surface area contributed by atoms with E-state index < -0.39 is 11.9 Å². The van der Waals surface area contributed by atoms with Crippen LogP contribution in [0.1, 0.15) is 35.4 Å². The number of hydrogen-bond donors (Lipinski definition) is 2. The minimum Gasteiger partial charge on any atom is -0.478 e. The van der Waals surface area contributed by atoms with Gasteiger partial charge in [-0.3, -0.25) is 15.0 Å². The number of fused-ring (bicyclic) bond motifs is 1. The quantitative estimate of drug-likeness (QED) is 0.630. The first-order valence-corrected chi connectivity index (χ1v) is 11.4. The molecule has 4 heterocycles. The monoisotopic (exact) mass is 477 g/mol. The Morgan fingerprint density at radius 3 is 2.76 bits per heavy atom. The SMILES string of the molecule is N=C1C(=Cc2ccc(-c3cccc(C(=O)O)c3)o2)C(=O)N=C2SC(CC(=O)N3CCCC3)=NN12. The molecule has 2 N–H and O–H groups in total. The second kappa shape index (κ2) is 8.75. The second-order valence-electron chi connectivity index (χ2n) is 7.87. The van der Waals surface area contributed by atoms with Crippen molar-refractivity contribution < 1.29 is 23.9 Å². The van der Waals surface area contributed by atoms with Gasteiger partial charge in [0.15, 0.2) is 5.84 Å². The number of hydrazone groups is 1. The molecule has 0 spiro atoms. The Morgan fingerprint density at radius 2 is 2.00 bits per heavy atom. The molecule has 1 aromatic heterocycles. The first-order valence-electron chi connectivity index (χ1n) is 10.6. The lowest BCUT2D eigenvalue weighted by Crippen LogP contribution is -2.35. The van der Waals surface area contributed by atoms with Crippen LogP contribution in [-0.4, -0.2) is 61.9 Å². The van der Waals surface area contributed by atoms with Crippen molar-refractivity contribution in [1.82, 2.24) is 9.91 Å². The van der Waals surface area contributed by atoms with Gasteiger partial charge in [0.1, 0.15) is 16.6 Å². The molecule has 10 nitrogen and oxygen atoms in total. The van der Waals surface area contributed by atoms with E-state index in [-0.39, 0.29) is 34.5 Å². The number of thioether (sulfide) groups is 1. The molecule has 0 saturated carbocycles. The van der Waals surface area contributed by atoms with Gasteiger partial charge in [-0.25, -0.2) is 4.79 Å². The molecule has 11 heteroatoms. The normalized spacial score (nSPS) is 18.9. The van der Waals surface area contributed by atoms with E-state index in [1.54, 1.807) is 29.2 Å². The average molecular weight is 478 g/mol. The predicted molar refractivity (Wildman–Crippen MR) is 127 cm³/mol. The highest BCUT2D eigenvalue weighted by atomic mass is 32.2. The molecule has 172 valence electrons. The van der Waals surface area contributed by atoms with Crippen molar-refractivity contribution in [2.24, 2.45) is 10.1 Å². The van der Waals surface area contributed by atoms with Crippen LogP contribution >= 0.6 is 11.8 Å². The summed E-state index contributed by atoms with van der Waals surface area (Å²) in [5.41, 5.74) is 0.700. The fourth-order valence-corrected chi connectivity index (χ4v) is 4.72. The Morgan fingerprint density at radius 1 is 1.21 bits per heavy atom. The van der Waals surface area contributed by atoms with E-state index in [1.807, 2.05) is 0 Å². The molecule has 1 aromatic carbocycles. The lowest BCUT2D eigenvalue weighted by molar-refractivity contribution is -0.128. The molecule has 5 rings (SSSR count). The Labute approximate surface area is 198 Å². The first-order chi connectivity index (χ1) is 16.4. The van der Waals surface area contributed by atoms with Gasteiger partial charge in [-0.2, -0.15) is 15.1 Å². The number of nitrogens with one attached hydrogen (secondary N) is 1. The van der Waals surface area contributed by atoms with E-state index in [9.17, 15) is 19.5 Å². The summed E-state index contributed by atoms with van der Waals surface area (Å²) in [4.78, 5) is 42.1. The van der Waals surface area contributed by atoms with Crippen molar-refractivity contribution in [2.45, 2.75) is 19.3 Å². The fraction of sp³-hybridized carbons (Fsp3) is 0.217. The third kappa shape index (κ3) is 4.17. The molecule has 0 radical (unpaired) electrons. The zero-order valence-corrected chi connectivity index (χ0v) is 18.7. The number of carbonyl (C=O) groups excluding carboxylic acids is 2. The standard InChI is InChI=1S/C23H19N5O5S/c24-20-16(11-15-6-7-17(33-15)13-4-3-5-14(10-13)22(31)32)21(30)25-23-28(20)26-18(34-23)12-19(29)27-8-1-2-9-27/h3-7,10-11,24H,1-2,8-9,12H2,(H,31,32). The van der Waals surface area contributed by atoms with Crippen molar-refractivity contribution in [2.75, 3.05) is 13.1 Å². The van der Waals surface area contributed by atoms with Crippen LogP contribution in [0.15, 0.2) is 56.5 Å². The fourth-order valence-electron chi connectivity index (χ4n) is 3.84. The average Bonchev–Trinajstić information content (AvgIpc) is 3.58. The number of amides is 2. The van der Waals surface area contributed by atoms with E-state index in [2.05, 4.69) is 10.1 Å². The minimum atomic E-state index is -1.05. The van der Waals surface area contributed by atoms with Crippen molar-refractivity contribution in [1.29, 1.82) is 5.41 Å². The molecule has 0 unspecified atom stereocenters. The molecule has 1 saturated heterocycles. The summed E-state index contributed by atoms with van der Waals surface area (Å²) in [6, 6.07) is 9.59. The van der Waals surface area contributed by atoms with E-state index >= 15 is 0 Å². The van der Waals surface area contributed by atoms with E-state index in [0.29, 0.717) is 22.1 Å². The van der Waals surface area contributed by atoms with Gasteiger partial charge in [0, 0.05) is 18.7 Å². The maximum atomic E-state index is 12.6. The van der Waals surface area contributed by atoms with Gasteiger partial charge >= 0.3 is 5.97 Å². The van der Waals surface area contributed by atoms with Crippen LogP contribution in [0.25, 0.3) is 17.4 Å². The number of aromatic carboxylic acids is 1. The van der Waals surface area contributed by atoms with Gasteiger partial charge in [0.05, 0.1) is 17.6 Å². The minimum absolute atomic E-state index is 0.000376. The number of benzene rings is 1. The van der Waals surface area contributed by atoms with Crippen LogP contribution in [0.3, 0.4) is 0 Å². The molecule has 3 aliphatic rings. The number of carboxylic acid groups (broad SMARTS) is 1. The van der Waals surface area contributed by atoms with Crippen molar-refractivity contribution >= 4 is 51.7 Å².